The van der Waals surface area contributed by atoms with Gasteiger partial charge in [0.2, 0.25) is 0 Å². The van der Waals surface area contributed by atoms with Crippen LogP contribution in [0.3, 0.4) is 0 Å². The van der Waals surface area contributed by atoms with Crippen molar-refractivity contribution in [3.63, 3.8) is 0 Å². The van der Waals surface area contributed by atoms with Crippen molar-refractivity contribution in [1.29, 1.82) is 0 Å². The molecular weight excluding hydrogens is 220 g/mol. The fourth-order valence-electron chi connectivity index (χ4n) is 1.89. The third-order valence-electron chi connectivity index (χ3n) is 2.86. The van der Waals surface area contributed by atoms with Crippen molar-refractivity contribution in [2.24, 2.45) is 0 Å². The number of ether oxygens (including phenoxy) is 3. The van der Waals surface area contributed by atoms with E-state index in [2.05, 4.69) is 0 Å². The molecule has 0 aromatic heterocycles. The molecule has 4 heteroatoms. The minimum Gasteiger partial charge on any atom is -0.497 e. The lowest BCUT2D eigenvalue weighted by Crippen LogP contribution is -2.28. The number of aliphatic hydroxyl groups excluding tert-OH is 1. The fraction of sp³-hybridized carbons (Fsp3) is 0.538. The van der Waals surface area contributed by atoms with E-state index in [1.807, 2.05) is 12.1 Å². The molecule has 0 saturated carbocycles. The highest BCUT2D eigenvalue weighted by molar-refractivity contribution is 5.40. The van der Waals surface area contributed by atoms with E-state index < -0.39 is 0 Å². The normalized spacial score (nSPS) is 20.0. The van der Waals surface area contributed by atoms with Crippen LogP contribution in [0.2, 0.25) is 0 Å². The van der Waals surface area contributed by atoms with Crippen LogP contribution in [0.5, 0.6) is 11.5 Å². The lowest BCUT2D eigenvalue weighted by Gasteiger charge is -2.24. The van der Waals surface area contributed by atoms with Crippen molar-refractivity contribution < 1.29 is 19.3 Å². The van der Waals surface area contributed by atoms with Gasteiger partial charge in [0.25, 0.3) is 0 Å². The fourth-order valence-corrected chi connectivity index (χ4v) is 1.89. The lowest BCUT2D eigenvalue weighted by atomic mass is 10.1. The maximum atomic E-state index is 9.26. The molecule has 1 atom stereocenters. The number of rotatable bonds is 4. The van der Waals surface area contributed by atoms with Crippen molar-refractivity contribution in [3.8, 4) is 11.5 Å². The predicted octanol–water partition coefficient (Wildman–Crippen LogP) is 1.75. The van der Waals surface area contributed by atoms with Gasteiger partial charge < -0.3 is 19.3 Å². The summed E-state index contributed by atoms with van der Waals surface area (Å²) >= 11 is 0. The number of benzene rings is 1. The zero-order valence-corrected chi connectivity index (χ0v) is 10.0. The van der Waals surface area contributed by atoms with Crippen LogP contribution in [0.15, 0.2) is 18.2 Å². The Kier molecular flexibility index (Phi) is 4.23. The van der Waals surface area contributed by atoms with Crippen molar-refractivity contribution in [3.05, 3.63) is 23.8 Å². The van der Waals surface area contributed by atoms with Crippen molar-refractivity contribution in [2.75, 3.05) is 20.3 Å². The smallest absolute Gasteiger partial charge is 0.129 e. The average molecular weight is 238 g/mol. The Hall–Kier alpha value is -1.26. The van der Waals surface area contributed by atoms with Crippen LogP contribution in [-0.4, -0.2) is 31.5 Å². The van der Waals surface area contributed by atoms with Gasteiger partial charge >= 0.3 is 0 Å². The van der Waals surface area contributed by atoms with Crippen LogP contribution >= 0.6 is 0 Å². The number of hydrogen-bond acceptors (Lipinski definition) is 4. The SMILES string of the molecule is COc1ccc(CO)c(OC2CCCOC2)c1. The Labute approximate surface area is 101 Å². The molecule has 0 amide bonds. The summed E-state index contributed by atoms with van der Waals surface area (Å²) in [6.07, 6.45) is 2.08. The molecule has 17 heavy (non-hydrogen) atoms. The molecule has 1 unspecified atom stereocenters. The summed E-state index contributed by atoms with van der Waals surface area (Å²) < 4.78 is 16.4. The summed E-state index contributed by atoms with van der Waals surface area (Å²) in [6, 6.07) is 5.44. The first-order valence-electron chi connectivity index (χ1n) is 5.85. The molecule has 2 rings (SSSR count). The van der Waals surface area contributed by atoms with E-state index in [9.17, 15) is 5.11 Å². The van der Waals surface area contributed by atoms with Gasteiger partial charge in [-0.25, -0.2) is 0 Å². The molecule has 1 saturated heterocycles. The minimum absolute atomic E-state index is 0.0348. The second-order valence-corrected chi connectivity index (χ2v) is 4.09. The van der Waals surface area contributed by atoms with Gasteiger partial charge in [-0.15, -0.1) is 0 Å². The molecule has 1 aliphatic heterocycles. The quantitative estimate of drug-likeness (QED) is 0.868. The summed E-state index contributed by atoms with van der Waals surface area (Å²) in [5.74, 6) is 1.41. The van der Waals surface area contributed by atoms with Gasteiger partial charge in [0, 0.05) is 18.2 Å². The molecule has 4 nitrogen and oxygen atoms in total. The highest BCUT2D eigenvalue weighted by atomic mass is 16.5. The van der Waals surface area contributed by atoms with Gasteiger partial charge in [0.15, 0.2) is 0 Å². The highest BCUT2D eigenvalue weighted by Crippen LogP contribution is 2.27. The molecule has 1 aliphatic rings. The van der Waals surface area contributed by atoms with E-state index in [4.69, 9.17) is 14.2 Å². The highest BCUT2D eigenvalue weighted by Gasteiger charge is 2.17. The van der Waals surface area contributed by atoms with Crippen molar-refractivity contribution in [2.45, 2.75) is 25.6 Å². The molecule has 1 aromatic rings. The second kappa shape index (κ2) is 5.89. The topological polar surface area (TPSA) is 47.9 Å². The molecule has 1 fully saturated rings. The third kappa shape index (κ3) is 3.11. The first kappa shape index (κ1) is 12.2. The van der Waals surface area contributed by atoms with Gasteiger partial charge in [-0.1, -0.05) is 0 Å². The predicted molar refractivity (Wildman–Crippen MR) is 63.4 cm³/mol. The molecule has 0 radical (unpaired) electrons. The Morgan fingerprint density at radius 3 is 3.00 bits per heavy atom. The lowest BCUT2D eigenvalue weighted by molar-refractivity contribution is 0.00653. The molecule has 1 heterocycles. The summed E-state index contributed by atoms with van der Waals surface area (Å²) in [7, 11) is 1.61. The summed E-state index contributed by atoms with van der Waals surface area (Å²) in [5.41, 5.74) is 0.774. The zero-order chi connectivity index (χ0) is 12.1. The first-order valence-corrected chi connectivity index (χ1v) is 5.85. The van der Waals surface area contributed by atoms with E-state index in [0.29, 0.717) is 12.4 Å². The van der Waals surface area contributed by atoms with E-state index in [0.717, 1.165) is 30.8 Å². The van der Waals surface area contributed by atoms with Crippen LogP contribution in [-0.2, 0) is 11.3 Å². The van der Waals surface area contributed by atoms with E-state index >= 15 is 0 Å². The molecule has 0 spiro atoms. The van der Waals surface area contributed by atoms with Crippen LogP contribution in [0, 0.1) is 0 Å². The van der Waals surface area contributed by atoms with E-state index in [-0.39, 0.29) is 12.7 Å². The molecule has 0 aliphatic carbocycles. The Morgan fingerprint density at radius 1 is 1.47 bits per heavy atom. The number of hydrogen-bond donors (Lipinski definition) is 1. The second-order valence-electron chi connectivity index (χ2n) is 4.09. The number of methoxy groups -OCH3 is 1. The van der Waals surface area contributed by atoms with Crippen LogP contribution in [0.4, 0.5) is 0 Å². The molecule has 94 valence electrons. The average Bonchev–Trinajstić information content (AvgIpc) is 2.40. The summed E-state index contributed by atoms with van der Waals surface area (Å²) in [5, 5.41) is 9.26. The monoisotopic (exact) mass is 238 g/mol. The van der Waals surface area contributed by atoms with Crippen LogP contribution < -0.4 is 9.47 Å². The van der Waals surface area contributed by atoms with Gasteiger partial charge in [-0.3, -0.25) is 0 Å². The molecule has 1 aromatic carbocycles. The van der Waals surface area contributed by atoms with Gasteiger partial charge in [-0.2, -0.15) is 0 Å². The van der Waals surface area contributed by atoms with Crippen LogP contribution in [0.25, 0.3) is 0 Å². The van der Waals surface area contributed by atoms with E-state index in [1.54, 1.807) is 13.2 Å². The zero-order valence-electron chi connectivity index (χ0n) is 10.0. The Bertz CT molecular complexity index is 358. The number of aliphatic hydroxyl groups is 1. The van der Waals surface area contributed by atoms with Gasteiger partial charge in [0.05, 0.1) is 20.3 Å². The molecule has 0 bridgehead atoms. The van der Waals surface area contributed by atoms with E-state index in [1.165, 1.54) is 0 Å². The van der Waals surface area contributed by atoms with Crippen molar-refractivity contribution in [1.82, 2.24) is 0 Å². The summed E-state index contributed by atoms with van der Waals surface area (Å²) in [6.45, 7) is 1.39. The molecular formula is C13H18O4. The maximum absolute atomic E-state index is 9.26. The van der Waals surface area contributed by atoms with Crippen molar-refractivity contribution >= 4 is 0 Å². The third-order valence-corrected chi connectivity index (χ3v) is 2.86. The Balaban J connectivity index is 2.11. The van der Waals surface area contributed by atoms with Crippen LogP contribution in [0.1, 0.15) is 18.4 Å². The minimum atomic E-state index is -0.0348. The van der Waals surface area contributed by atoms with Gasteiger partial charge in [0.1, 0.15) is 17.6 Å². The largest absolute Gasteiger partial charge is 0.497 e. The molecule has 1 N–H and O–H groups in total. The first-order chi connectivity index (χ1) is 8.33. The summed E-state index contributed by atoms with van der Waals surface area (Å²) in [4.78, 5) is 0. The Morgan fingerprint density at radius 2 is 2.35 bits per heavy atom. The standard InChI is InChI=1S/C13H18O4/c1-15-11-5-4-10(8-14)13(7-11)17-12-3-2-6-16-9-12/h4-5,7,12,14H,2-3,6,8-9H2,1H3. The maximum Gasteiger partial charge on any atom is 0.129 e. The van der Waals surface area contributed by atoms with Gasteiger partial charge in [-0.05, 0) is 25.0 Å².